The van der Waals surface area contributed by atoms with E-state index in [4.69, 9.17) is 0 Å². The van der Waals surface area contributed by atoms with Crippen LogP contribution in [-0.2, 0) is 14.6 Å². The van der Waals surface area contributed by atoms with Crippen LogP contribution in [0.2, 0.25) is 0 Å². The zero-order chi connectivity index (χ0) is 15.5. The number of rotatable bonds is 6. The van der Waals surface area contributed by atoms with Gasteiger partial charge in [0, 0.05) is 0 Å². The molecule has 1 aromatic rings. The normalized spacial score (nSPS) is 17.6. The van der Waals surface area contributed by atoms with Crippen molar-refractivity contribution in [2.24, 2.45) is 0 Å². The molecule has 0 aliphatic heterocycles. The van der Waals surface area contributed by atoms with E-state index in [0.717, 1.165) is 12.8 Å². The van der Waals surface area contributed by atoms with Gasteiger partial charge in [0.05, 0.1) is 16.3 Å². The number of carbonyl (C=O) groups is 1. The Kier molecular flexibility index (Phi) is 4.56. The average Bonchev–Trinajstić information content (AvgIpc) is 2.89. The third kappa shape index (κ3) is 3.20. The molecule has 21 heavy (non-hydrogen) atoms. The van der Waals surface area contributed by atoms with Crippen molar-refractivity contribution in [2.75, 3.05) is 11.1 Å². The van der Waals surface area contributed by atoms with Gasteiger partial charge in [0.25, 0.3) is 0 Å². The molecule has 1 fully saturated rings. The summed E-state index contributed by atoms with van der Waals surface area (Å²) < 4.78 is 24.6. The van der Waals surface area contributed by atoms with Gasteiger partial charge < -0.3 is 10.4 Å². The second-order valence-corrected chi connectivity index (χ2v) is 7.61. The Labute approximate surface area is 125 Å². The molecule has 116 valence electrons. The minimum absolute atomic E-state index is 0.0613. The summed E-state index contributed by atoms with van der Waals surface area (Å²) in [6.45, 7) is 1.81. The van der Waals surface area contributed by atoms with E-state index in [1.807, 2.05) is 6.92 Å². The molecule has 0 heterocycles. The molecule has 1 aliphatic carbocycles. The first kappa shape index (κ1) is 15.8. The lowest BCUT2D eigenvalue weighted by atomic mass is 9.97. The molecule has 1 saturated carbocycles. The molecular weight excluding hydrogens is 290 g/mol. The first-order chi connectivity index (χ1) is 9.91. The maximum atomic E-state index is 12.3. The summed E-state index contributed by atoms with van der Waals surface area (Å²) in [7, 11) is -3.39. The van der Waals surface area contributed by atoms with Crippen LogP contribution in [0.4, 0.5) is 5.69 Å². The predicted molar refractivity (Wildman–Crippen MR) is 81.2 cm³/mol. The lowest BCUT2D eigenvalue weighted by Gasteiger charge is -2.27. The highest BCUT2D eigenvalue weighted by Gasteiger charge is 2.42. The number of anilines is 1. The highest BCUT2D eigenvalue weighted by atomic mass is 32.2. The maximum absolute atomic E-state index is 12.3. The first-order valence-corrected chi connectivity index (χ1v) is 8.90. The number of sulfone groups is 1. The highest BCUT2D eigenvalue weighted by molar-refractivity contribution is 7.91. The van der Waals surface area contributed by atoms with Gasteiger partial charge in [-0.05, 0) is 31.4 Å². The topological polar surface area (TPSA) is 83.5 Å². The maximum Gasteiger partial charge on any atom is 0.329 e. The molecular formula is C15H21NO4S. The van der Waals surface area contributed by atoms with Crippen molar-refractivity contribution >= 4 is 21.5 Å². The van der Waals surface area contributed by atoms with E-state index in [9.17, 15) is 18.3 Å². The van der Waals surface area contributed by atoms with Gasteiger partial charge in [-0.15, -0.1) is 0 Å². The lowest BCUT2D eigenvalue weighted by molar-refractivity contribution is -0.142. The second-order valence-electron chi connectivity index (χ2n) is 5.53. The third-order valence-corrected chi connectivity index (χ3v) is 5.91. The summed E-state index contributed by atoms with van der Waals surface area (Å²) in [6, 6.07) is 6.57. The molecule has 0 amide bonds. The zero-order valence-electron chi connectivity index (χ0n) is 12.1. The molecule has 0 atom stereocenters. The van der Waals surface area contributed by atoms with E-state index in [0.29, 0.717) is 24.9 Å². The van der Waals surface area contributed by atoms with Crippen LogP contribution < -0.4 is 5.32 Å². The molecule has 0 bridgehead atoms. The Morgan fingerprint density at radius 1 is 1.29 bits per heavy atom. The third-order valence-electron chi connectivity index (χ3n) is 3.94. The number of hydrogen-bond acceptors (Lipinski definition) is 4. The predicted octanol–water partition coefficient (Wildman–Crippen LogP) is 2.68. The molecule has 6 heteroatoms. The molecule has 2 N–H and O–H groups in total. The van der Waals surface area contributed by atoms with Gasteiger partial charge in [-0.1, -0.05) is 31.9 Å². The molecule has 0 radical (unpaired) electrons. The summed E-state index contributed by atoms with van der Waals surface area (Å²) in [5.41, 5.74) is -0.645. The van der Waals surface area contributed by atoms with E-state index < -0.39 is 21.3 Å². The standard InChI is InChI=1S/C15H21NO4S/c1-2-11-21(19,20)13-8-4-3-7-12(13)16-15(14(17)18)9-5-6-10-15/h3-4,7-8,16H,2,5-6,9-11H2,1H3,(H,17,18). The minimum Gasteiger partial charge on any atom is -0.480 e. The van der Waals surface area contributed by atoms with Crippen molar-refractivity contribution in [3.8, 4) is 0 Å². The van der Waals surface area contributed by atoms with Gasteiger partial charge in [-0.25, -0.2) is 13.2 Å². The van der Waals surface area contributed by atoms with Crippen molar-refractivity contribution in [1.82, 2.24) is 0 Å². The van der Waals surface area contributed by atoms with Crippen LogP contribution in [0, 0.1) is 0 Å². The number of benzene rings is 1. The Balaban J connectivity index is 2.39. The Bertz CT molecular complexity index is 618. The van der Waals surface area contributed by atoms with E-state index >= 15 is 0 Å². The smallest absolute Gasteiger partial charge is 0.329 e. The van der Waals surface area contributed by atoms with Gasteiger partial charge in [0.2, 0.25) is 0 Å². The number of nitrogens with one attached hydrogen (secondary N) is 1. The van der Waals surface area contributed by atoms with E-state index in [1.54, 1.807) is 18.2 Å². The number of aliphatic carboxylic acids is 1. The molecule has 2 rings (SSSR count). The van der Waals surface area contributed by atoms with Gasteiger partial charge in [0.1, 0.15) is 5.54 Å². The zero-order valence-corrected chi connectivity index (χ0v) is 12.9. The van der Waals surface area contributed by atoms with E-state index in [2.05, 4.69) is 5.32 Å². The first-order valence-electron chi connectivity index (χ1n) is 7.25. The fourth-order valence-electron chi connectivity index (χ4n) is 2.85. The van der Waals surface area contributed by atoms with Crippen LogP contribution in [-0.4, -0.2) is 30.8 Å². The number of carboxylic acids is 1. The molecule has 0 saturated heterocycles. The second kappa shape index (κ2) is 6.05. The van der Waals surface area contributed by atoms with Gasteiger partial charge in [-0.2, -0.15) is 0 Å². The van der Waals surface area contributed by atoms with Crippen molar-refractivity contribution < 1.29 is 18.3 Å². The van der Waals surface area contributed by atoms with E-state index in [1.165, 1.54) is 6.07 Å². The van der Waals surface area contributed by atoms with Gasteiger partial charge in [-0.3, -0.25) is 0 Å². The van der Waals surface area contributed by atoms with Crippen LogP contribution in [0.15, 0.2) is 29.2 Å². The van der Waals surface area contributed by atoms with Crippen LogP contribution in [0.1, 0.15) is 39.0 Å². The van der Waals surface area contributed by atoms with Gasteiger partial charge in [0.15, 0.2) is 9.84 Å². The monoisotopic (exact) mass is 311 g/mol. The molecule has 0 aromatic heterocycles. The van der Waals surface area contributed by atoms with Crippen molar-refractivity contribution in [3.63, 3.8) is 0 Å². The van der Waals surface area contributed by atoms with E-state index in [-0.39, 0.29) is 10.6 Å². The fourth-order valence-corrected chi connectivity index (χ4v) is 4.35. The lowest BCUT2D eigenvalue weighted by Crippen LogP contribution is -2.44. The summed E-state index contributed by atoms with van der Waals surface area (Å²) >= 11 is 0. The summed E-state index contributed by atoms with van der Waals surface area (Å²) in [5.74, 6) is -0.853. The minimum atomic E-state index is -3.39. The Morgan fingerprint density at radius 3 is 2.48 bits per heavy atom. The van der Waals surface area contributed by atoms with Crippen molar-refractivity contribution in [1.29, 1.82) is 0 Å². The van der Waals surface area contributed by atoms with Crippen molar-refractivity contribution in [3.05, 3.63) is 24.3 Å². The van der Waals surface area contributed by atoms with Crippen LogP contribution in [0.5, 0.6) is 0 Å². The average molecular weight is 311 g/mol. The quantitative estimate of drug-likeness (QED) is 0.844. The molecule has 1 aromatic carbocycles. The molecule has 0 unspecified atom stereocenters. The summed E-state index contributed by atoms with van der Waals surface area (Å²) in [5, 5.41) is 12.5. The number of para-hydroxylation sites is 1. The fraction of sp³-hybridized carbons (Fsp3) is 0.533. The summed E-state index contributed by atoms with van der Waals surface area (Å²) in [4.78, 5) is 11.8. The van der Waals surface area contributed by atoms with Crippen LogP contribution in [0.3, 0.4) is 0 Å². The summed E-state index contributed by atoms with van der Waals surface area (Å²) in [6.07, 6.45) is 3.24. The van der Waals surface area contributed by atoms with Crippen molar-refractivity contribution in [2.45, 2.75) is 49.5 Å². The van der Waals surface area contributed by atoms with Crippen LogP contribution >= 0.6 is 0 Å². The highest BCUT2D eigenvalue weighted by Crippen LogP contribution is 2.35. The largest absolute Gasteiger partial charge is 0.480 e. The van der Waals surface area contributed by atoms with Gasteiger partial charge >= 0.3 is 5.97 Å². The van der Waals surface area contributed by atoms with Crippen LogP contribution in [0.25, 0.3) is 0 Å². The molecule has 0 spiro atoms. The Hall–Kier alpha value is -1.56. The number of carboxylic acid groups (broad SMARTS) is 1. The molecule has 1 aliphatic rings. The Morgan fingerprint density at radius 2 is 1.90 bits per heavy atom. The SMILES string of the molecule is CCCS(=O)(=O)c1ccccc1NC1(C(=O)O)CCCC1. The molecule has 5 nitrogen and oxygen atoms in total. The number of hydrogen-bond donors (Lipinski definition) is 2.